The molecule has 3 heterocycles. The van der Waals surface area contributed by atoms with Crippen LogP contribution in [0.4, 0.5) is 5.82 Å². The number of benzene rings is 1. The van der Waals surface area contributed by atoms with E-state index in [1.807, 2.05) is 29.2 Å². The Labute approximate surface area is 145 Å². The van der Waals surface area contributed by atoms with E-state index in [-0.39, 0.29) is 30.2 Å². The Morgan fingerprint density at radius 2 is 1.92 bits per heavy atom. The Hall–Kier alpha value is -2.70. The summed E-state index contributed by atoms with van der Waals surface area (Å²) in [5.41, 5.74) is 6.30. The van der Waals surface area contributed by atoms with Crippen LogP contribution in [0.25, 0.3) is 10.9 Å². The Bertz CT molecular complexity index is 811. The summed E-state index contributed by atoms with van der Waals surface area (Å²) in [5, 5.41) is 1.05. The van der Waals surface area contributed by atoms with Crippen molar-refractivity contribution in [1.82, 2.24) is 14.9 Å². The molecule has 2 N–H and O–H groups in total. The molecular weight excluding hydrogens is 318 g/mol. The molecule has 2 aromatic rings. The van der Waals surface area contributed by atoms with Gasteiger partial charge in [0.15, 0.2) is 0 Å². The molecule has 2 saturated heterocycles. The van der Waals surface area contributed by atoms with Crippen molar-refractivity contribution < 1.29 is 9.59 Å². The standard InChI is InChI=1S/C18H21N5O2/c19-17(25)12-9-16(24)23(10-12)13-5-7-22(8-6-13)18-14-3-1-2-4-15(14)20-11-21-18/h1-4,11-13H,5-10H2,(H2,19,25). The second-order valence-electron chi connectivity index (χ2n) is 6.78. The molecule has 2 aliphatic rings. The second kappa shape index (κ2) is 6.31. The lowest BCUT2D eigenvalue weighted by Crippen LogP contribution is -2.46. The van der Waals surface area contributed by atoms with Crippen LogP contribution in [0.2, 0.25) is 0 Å². The lowest BCUT2D eigenvalue weighted by molar-refractivity contribution is -0.130. The first kappa shape index (κ1) is 15.8. The van der Waals surface area contributed by atoms with Crippen LogP contribution in [0.5, 0.6) is 0 Å². The lowest BCUT2D eigenvalue weighted by Gasteiger charge is -2.37. The van der Waals surface area contributed by atoms with Crippen LogP contribution in [0.1, 0.15) is 19.3 Å². The molecule has 1 aromatic carbocycles. The zero-order valence-corrected chi connectivity index (χ0v) is 14.0. The van der Waals surface area contributed by atoms with E-state index in [0.29, 0.717) is 6.54 Å². The Morgan fingerprint density at radius 1 is 1.16 bits per heavy atom. The molecule has 0 bridgehead atoms. The van der Waals surface area contributed by atoms with E-state index < -0.39 is 0 Å². The van der Waals surface area contributed by atoms with E-state index in [4.69, 9.17) is 5.73 Å². The van der Waals surface area contributed by atoms with Crippen molar-refractivity contribution in [3.05, 3.63) is 30.6 Å². The number of anilines is 1. The van der Waals surface area contributed by atoms with E-state index in [9.17, 15) is 9.59 Å². The Morgan fingerprint density at radius 3 is 2.64 bits per heavy atom. The van der Waals surface area contributed by atoms with Gasteiger partial charge in [0.25, 0.3) is 0 Å². The average molecular weight is 339 g/mol. The van der Waals surface area contributed by atoms with E-state index in [0.717, 1.165) is 42.7 Å². The van der Waals surface area contributed by atoms with E-state index >= 15 is 0 Å². The minimum atomic E-state index is -0.374. The molecule has 25 heavy (non-hydrogen) atoms. The highest BCUT2D eigenvalue weighted by Gasteiger charge is 2.38. The maximum Gasteiger partial charge on any atom is 0.223 e. The minimum absolute atomic E-state index is 0.0507. The number of nitrogens with zero attached hydrogens (tertiary/aromatic N) is 4. The molecule has 2 aliphatic heterocycles. The van der Waals surface area contributed by atoms with Gasteiger partial charge in [0.1, 0.15) is 12.1 Å². The number of hydrogen-bond donors (Lipinski definition) is 1. The zero-order chi connectivity index (χ0) is 17.4. The molecule has 1 unspecified atom stereocenters. The topological polar surface area (TPSA) is 92.4 Å². The molecule has 7 heteroatoms. The van der Waals surface area contributed by atoms with Crippen LogP contribution < -0.4 is 10.6 Å². The number of amides is 2. The maximum absolute atomic E-state index is 12.2. The predicted octanol–water partition coefficient (Wildman–Crippen LogP) is 0.932. The fourth-order valence-electron chi connectivity index (χ4n) is 3.91. The van der Waals surface area contributed by atoms with Crippen molar-refractivity contribution in [3.63, 3.8) is 0 Å². The van der Waals surface area contributed by atoms with Crippen molar-refractivity contribution >= 4 is 28.5 Å². The van der Waals surface area contributed by atoms with Crippen molar-refractivity contribution in [2.45, 2.75) is 25.3 Å². The summed E-state index contributed by atoms with van der Waals surface area (Å²) in [6, 6.07) is 8.17. The van der Waals surface area contributed by atoms with Gasteiger partial charge in [0.2, 0.25) is 11.8 Å². The number of para-hydroxylation sites is 1. The predicted molar refractivity (Wildman–Crippen MR) is 93.8 cm³/mol. The highest BCUT2D eigenvalue weighted by Crippen LogP contribution is 2.29. The first-order valence-corrected chi connectivity index (χ1v) is 8.67. The molecule has 1 atom stereocenters. The summed E-state index contributed by atoms with van der Waals surface area (Å²) in [7, 11) is 0. The molecule has 0 spiro atoms. The van der Waals surface area contributed by atoms with Gasteiger partial charge in [-0.05, 0) is 25.0 Å². The van der Waals surface area contributed by atoms with E-state index in [1.165, 1.54) is 0 Å². The smallest absolute Gasteiger partial charge is 0.223 e. The molecule has 2 fully saturated rings. The van der Waals surface area contributed by atoms with Gasteiger partial charge in [-0.25, -0.2) is 9.97 Å². The number of aromatic nitrogens is 2. The molecule has 130 valence electrons. The van der Waals surface area contributed by atoms with Crippen molar-refractivity contribution in [2.75, 3.05) is 24.5 Å². The number of carbonyl (C=O) groups excluding carboxylic acids is 2. The fourth-order valence-corrected chi connectivity index (χ4v) is 3.91. The van der Waals surface area contributed by atoms with Crippen LogP contribution in [0.3, 0.4) is 0 Å². The van der Waals surface area contributed by atoms with Gasteiger partial charge in [-0.2, -0.15) is 0 Å². The quantitative estimate of drug-likeness (QED) is 0.898. The number of primary amides is 1. The largest absolute Gasteiger partial charge is 0.369 e. The van der Waals surface area contributed by atoms with Crippen LogP contribution >= 0.6 is 0 Å². The molecular formula is C18H21N5O2. The SMILES string of the molecule is NC(=O)C1CC(=O)N(C2CCN(c3ncnc4ccccc34)CC2)C1. The van der Waals surface area contributed by atoms with Gasteiger partial charge < -0.3 is 15.5 Å². The van der Waals surface area contributed by atoms with Crippen LogP contribution in [0, 0.1) is 5.92 Å². The van der Waals surface area contributed by atoms with Gasteiger partial charge in [-0.1, -0.05) is 12.1 Å². The van der Waals surface area contributed by atoms with Crippen molar-refractivity contribution in [1.29, 1.82) is 0 Å². The third-order valence-electron chi connectivity index (χ3n) is 5.29. The van der Waals surface area contributed by atoms with Crippen LogP contribution in [-0.4, -0.2) is 52.4 Å². The molecule has 4 rings (SSSR count). The van der Waals surface area contributed by atoms with E-state index in [2.05, 4.69) is 14.9 Å². The highest BCUT2D eigenvalue weighted by molar-refractivity contribution is 5.90. The Kier molecular flexibility index (Phi) is 3.99. The van der Waals surface area contributed by atoms with Gasteiger partial charge >= 0.3 is 0 Å². The molecule has 7 nitrogen and oxygen atoms in total. The minimum Gasteiger partial charge on any atom is -0.369 e. The third kappa shape index (κ3) is 2.90. The monoisotopic (exact) mass is 339 g/mol. The Balaban J connectivity index is 1.47. The van der Waals surface area contributed by atoms with Crippen LogP contribution in [0.15, 0.2) is 30.6 Å². The summed E-state index contributed by atoms with van der Waals surface area (Å²) < 4.78 is 0. The van der Waals surface area contributed by atoms with E-state index in [1.54, 1.807) is 6.33 Å². The zero-order valence-electron chi connectivity index (χ0n) is 14.0. The maximum atomic E-state index is 12.2. The molecule has 0 saturated carbocycles. The van der Waals surface area contributed by atoms with Gasteiger partial charge in [-0.15, -0.1) is 0 Å². The highest BCUT2D eigenvalue weighted by atomic mass is 16.2. The normalized spacial score (nSPS) is 21.9. The van der Waals surface area contributed by atoms with Crippen molar-refractivity contribution in [2.24, 2.45) is 11.7 Å². The summed E-state index contributed by atoms with van der Waals surface area (Å²) in [6.07, 6.45) is 3.60. The number of piperidine rings is 1. The summed E-state index contributed by atoms with van der Waals surface area (Å²) >= 11 is 0. The van der Waals surface area contributed by atoms with Gasteiger partial charge in [-0.3, -0.25) is 9.59 Å². The molecule has 0 aliphatic carbocycles. The number of fused-ring (bicyclic) bond motifs is 1. The number of carbonyl (C=O) groups is 2. The summed E-state index contributed by atoms with van der Waals surface area (Å²) in [5.74, 6) is 0.290. The van der Waals surface area contributed by atoms with Gasteiger partial charge in [0.05, 0.1) is 11.4 Å². The number of hydrogen-bond acceptors (Lipinski definition) is 5. The molecule has 2 amide bonds. The first-order valence-electron chi connectivity index (χ1n) is 8.67. The first-order chi connectivity index (χ1) is 12.1. The number of likely N-dealkylation sites (tertiary alicyclic amines) is 1. The summed E-state index contributed by atoms with van der Waals surface area (Å²) in [4.78, 5) is 36.5. The molecule has 1 aromatic heterocycles. The number of rotatable bonds is 3. The lowest BCUT2D eigenvalue weighted by atomic mass is 10.0. The second-order valence-corrected chi connectivity index (χ2v) is 6.78. The average Bonchev–Trinajstić information content (AvgIpc) is 3.03. The molecule has 0 radical (unpaired) electrons. The van der Waals surface area contributed by atoms with Crippen molar-refractivity contribution in [3.8, 4) is 0 Å². The van der Waals surface area contributed by atoms with Crippen LogP contribution in [-0.2, 0) is 9.59 Å². The van der Waals surface area contributed by atoms with Gasteiger partial charge in [0, 0.05) is 37.5 Å². The third-order valence-corrected chi connectivity index (χ3v) is 5.29. The summed E-state index contributed by atoms with van der Waals surface area (Å²) in [6.45, 7) is 2.13. The number of nitrogens with two attached hydrogens (primary N) is 1. The fraction of sp³-hybridized carbons (Fsp3) is 0.444.